The molecule has 0 unspecified atom stereocenters. The second kappa shape index (κ2) is 11.9. The first kappa shape index (κ1) is 22.4. The minimum Gasteiger partial charge on any atom is -0.354 e. The van der Waals surface area contributed by atoms with Crippen LogP contribution < -0.4 is 16.0 Å². The number of carbonyl (C=O) groups excluding carboxylic acids is 3. The quantitative estimate of drug-likeness (QED) is 0.537. The van der Waals surface area contributed by atoms with Crippen LogP contribution in [-0.2, 0) is 14.4 Å². The summed E-state index contributed by atoms with van der Waals surface area (Å²) >= 11 is 0. The zero-order chi connectivity index (χ0) is 18.7. The molecule has 0 aromatic carbocycles. The number of nitrogens with one attached hydrogen (secondary N) is 3. The van der Waals surface area contributed by atoms with Crippen molar-refractivity contribution in [3.63, 3.8) is 0 Å². The lowest BCUT2D eigenvalue weighted by Gasteiger charge is -2.25. The van der Waals surface area contributed by atoms with E-state index >= 15 is 0 Å². The Morgan fingerprint density at radius 1 is 0.792 bits per heavy atom. The van der Waals surface area contributed by atoms with Gasteiger partial charge >= 0.3 is 0 Å². The van der Waals surface area contributed by atoms with Crippen LogP contribution in [0.5, 0.6) is 0 Å². The van der Waals surface area contributed by atoms with Crippen LogP contribution >= 0.6 is 0 Å². The molecule has 0 fully saturated rings. The minimum atomic E-state index is -0.605. The predicted molar refractivity (Wildman–Crippen MR) is 96.4 cm³/mol. The van der Waals surface area contributed by atoms with Crippen molar-refractivity contribution in [2.45, 2.75) is 79.3 Å². The molecule has 0 heterocycles. The zero-order valence-corrected chi connectivity index (χ0v) is 16.1. The fourth-order valence-electron chi connectivity index (χ4n) is 2.35. The summed E-state index contributed by atoms with van der Waals surface area (Å²) in [6.07, 6.45) is 2.28. The average Bonchev–Trinajstić information content (AvgIpc) is 2.49. The molecule has 0 spiro atoms. The highest BCUT2D eigenvalue weighted by atomic mass is 16.2. The van der Waals surface area contributed by atoms with E-state index in [9.17, 15) is 14.4 Å². The van der Waals surface area contributed by atoms with Crippen LogP contribution in [0.3, 0.4) is 0 Å². The molecule has 6 heteroatoms. The molecule has 0 saturated carbocycles. The molecular formula is C18H35N3O3. The maximum atomic E-state index is 12.6. The van der Waals surface area contributed by atoms with Gasteiger partial charge in [-0.25, -0.2) is 0 Å². The van der Waals surface area contributed by atoms with E-state index < -0.39 is 12.1 Å². The number of rotatable bonds is 11. The molecule has 2 atom stereocenters. The summed E-state index contributed by atoms with van der Waals surface area (Å²) in [5.41, 5.74) is 0. The Labute approximate surface area is 146 Å². The van der Waals surface area contributed by atoms with Crippen molar-refractivity contribution < 1.29 is 14.4 Å². The monoisotopic (exact) mass is 341 g/mol. The highest BCUT2D eigenvalue weighted by Gasteiger charge is 2.27. The van der Waals surface area contributed by atoms with Gasteiger partial charge < -0.3 is 16.0 Å². The molecule has 6 nitrogen and oxygen atoms in total. The lowest BCUT2D eigenvalue weighted by Crippen LogP contribution is -2.54. The van der Waals surface area contributed by atoms with Gasteiger partial charge in [-0.3, -0.25) is 14.4 Å². The summed E-state index contributed by atoms with van der Waals surface area (Å²) in [6, 6.07) is -1.18. The highest BCUT2D eigenvalue weighted by Crippen LogP contribution is 2.09. The van der Waals surface area contributed by atoms with Gasteiger partial charge in [0.05, 0.1) is 0 Å². The van der Waals surface area contributed by atoms with Gasteiger partial charge in [0.15, 0.2) is 0 Å². The van der Waals surface area contributed by atoms with Gasteiger partial charge in [0.2, 0.25) is 17.7 Å². The third-order valence-electron chi connectivity index (χ3n) is 3.57. The fraction of sp³-hybridized carbons (Fsp3) is 0.833. The number of hydrogen-bond donors (Lipinski definition) is 3. The molecule has 0 rings (SSSR count). The Bertz CT molecular complexity index is 408. The molecule has 0 aliphatic rings. The van der Waals surface area contributed by atoms with Gasteiger partial charge in [-0.15, -0.1) is 0 Å². The summed E-state index contributed by atoms with van der Waals surface area (Å²) in [7, 11) is 0. The van der Waals surface area contributed by atoms with Gasteiger partial charge in [-0.2, -0.15) is 0 Å². The normalized spacial score (nSPS) is 13.5. The summed E-state index contributed by atoms with van der Waals surface area (Å²) < 4.78 is 0. The lowest BCUT2D eigenvalue weighted by molar-refractivity contribution is -0.132. The second-order valence-electron chi connectivity index (χ2n) is 7.08. The summed E-state index contributed by atoms with van der Waals surface area (Å²) in [6.45, 7) is 12.3. The van der Waals surface area contributed by atoms with E-state index in [0.717, 1.165) is 6.42 Å². The molecule has 0 saturated heterocycles. The summed E-state index contributed by atoms with van der Waals surface area (Å²) in [5.74, 6) is -0.0784. The van der Waals surface area contributed by atoms with Crippen molar-refractivity contribution in [3.8, 4) is 0 Å². The van der Waals surface area contributed by atoms with Crippen LogP contribution in [0.2, 0.25) is 0 Å². The van der Waals surface area contributed by atoms with Gasteiger partial charge in [0.1, 0.15) is 12.1 Å². The van der Waals surface area contributed by atoms with Crippen molar-refractivity contribution in [2.24, 2.45) is 11.8 Å². The van der Waals surface area contributed by atoms with E-state index in [2.05, 4.69) is 16.0 Å². The second-order valence-corrected chi connectivity index (χ2v) is 7.08. The van der Waals surface area contributed by atoms with Crippen LogP contribution in [0.4, 0.5) is 0 Å². The van der Waals surface area contributed by atoms with Crippen molar-refractivity contribution in [1.29, 1.82) is 0 Å². The topological polar surface area (TPSA) is 87.3 Å². The summed E-state index contributed by atoms with van der Waals surface area (Å²) in [5, 5.41) is 8.42. The molecule has 3 N–H and O–H groups in total. The van der Waals surface area contributed by atoms with E-state index in [-0.39, 0.29) is 29.6 Å². The number of amides is 3. The van der Waals surface area contributed by atoms with Gasteiger partial charge in [0, 0.05) is 13.0 Å². The SMILES string of the molecule is CCCNC(=O)[C@H](CC(C)C)NC(=O)[C@H](CC(C)C)NC(=O)CC. The zero-order valence-electron chi connectivity index (χ0n) is 16.1. The van der Waals surface area contributed by atoms with Crippen molar-refractivity contribution in [3.05, 3.63) is 0 Å². The Hall–Kier alpha value is -1.59. The third-order valence-corrected chi connectivity index (χ3v) is 3.57. The maximum absolute atomic E-state index is 12.6. The molecule has 0 aromatic heterocycles. The number of carbonyl (C=O) groups is 3. The standard InChI is InChI=1S/C18H35N3O3/c1-7-9-19-17(23)14(10-12(3)4)21-18(24)15(11-13(5)6)20-16(22)8-2/h12-15H,7-11H2,1-6H3,(H,19,23)(H,20,22)(H,21,24)/t14-,15-/m0/s1. The molecule has 0 radical (unpaired) electrons. The Morgan fingerprint density at radius 3 is 1.71 bits per heavy atom. The predicted octanol–water partition coefficient (Wildman–Crippen LogP) is 1.98. The van der Waals surface area contributed by atoms with Crippen LogP contribution in [0.1, 0.15) is 67.2 Å². The van der Waals surface area contributed by atoms with E-state index in [0.29, 0.717) is 25.8 Å². The van der Waals surface area contributed by atoms with E-state index in [1.807, 2.05) is 34.6 Å². The van der Waals surface area contributed by atoms with E-state index in [1.165, 1.54) is 0 Å². The van der Waals surface area contributed by atoms with Crippen LogP contribution in [0.25, 0.3) is 0 Å². The summed E-state index contributed by atoms with van der Waals surface area (Å²) in [4.78, 5) is 36.6. The van der Waals surface area contributed by atoms with Crippen LogP contribution in [-0.4, -0.2) is 36.3 Å². The Balaban J connectivity index is 4.99. The van der Waals surface area contributed by atoms with Crippen LogP contribution in [0, 0.1) is 11.8 Å². The Morgan fingerprint density at radius 2 is 1.29 bits per heavy atom. The fourth-order valence-corrected chi connectivity index (χ4v) is 2.35. The smallest absolute Gasteiger partial charge is 0.243 e. The first-order valence-electron chi connectivity index (χ1n) is 9.08. The Kier molecular flexibility index (Phi) is 11.1. The van der Waals surface area contributed by atoms with E-state index in [4.69, 9.17) is 0 Å². The average molecular weight is 341 g/mol. The van der Waals surface area contributed by atoms with Crippen LogP contribution in [0.15, 0.2) is 0 Å². The largest absolute Gasteiger partial charge is 0.354 e. The van der Waals surface area contributed by atoms with Gasteiger partial charge in [-0.1, -0.05) is 41.5 Å². The molecule has 0 bridgehead atoms. The van der Waals surface area contributed by atoms with Crippen molar-refractivity contribution >= 4 is 17.7 Å². The number of hydrogen-bond acceptors (Lipinski definition) is 3. The highest BCUT2D eigenvalue weighted by molar-refractivity contribution is 5.92. The van der Waals surface area contributed by atoms with Gasteiger partial charge in [-0.05, 0) is 31.1 Å². The molecular weight excluding hydrogens is 306 g/mol. The molecule has 0 aliphatic carbocycles. The first-order valence-corrected chi connectivity index (χ1v) is 9.08. The van der Waals surface area contributed by atoms with Gasteiger partial charge in [0.25, 0.3) is 0 Å². The van der Waals surface area contributed by atoms with Crippen molar-refractivity contribution in [2.75, 3.05) is 6.54 Å². The molecule has 140 valence electrons. The van der Waals surface area contributed by atoms with Crippen molar-refractivity contribution in [1.82, 2.24) is 16.0 Å². The maximum Gasteiger partial charge on any atom is 0.243 e. The molecule has 24 heavy (non-hydrogen) atoms. The molecule has 0 aromatic rings. The lowest BCUT2D eigenvalue weighted by atomic mass is 10.00. The van der Waals surface area contributed by atoms with E-state index in [1.54, 1.807) is 6.92 Å². The third kappa shape index (κ3) is 9.53. The molecule has 3 amide bonds. The minimum absolute atomic E-state index is 0.161. The molecule has 0 aliphatic heterocycles. The first-order chi connectivity index (χ1) is 11.2.